The Kier molecular flexibility index (Phi) is 15.8. The number of nitrogens with one attached hydrogen (secondary N) is 1. The second-order valence-electron chi connectivity index (χ2n) is 13.8. The molecule has 2 aliphatic carbocycles. The van der Waals surface area contributed by atoms with Gasteiger partial charge in [-0.15, -0.1) is 41.2 Å². The van der Waals surface area contributed by atoms with Gasteiger partial charge in [0.15, 0.2) is 0 Å². The van der Waals surface area contributed by atoms with E-state index >= 15 is 0 Å². The Morgan fingerprint density at radius 3 is 1.77 bits per heavy atom. The van der Waals surface area contributed by atoms with Crippen LogP contribution in [0.2, 0.25) is 0 Å². The van der Waals surface area contributed by atoms with Gasteiger partial charge in [0.1, 0.15) is 0 Å². The van der Waals surface area contributed by atoms with Gasteiger partial charge in [0.05, 0.1) is 0 Å². The summed E-state index contributed by atoms with van der Waals surface area (Å²) < 4.78 is 0. The number of fused-ring (bicyclic) bond motifs is 1. The van der Waals surface area contributed by atoms with E-state index in [1.165, 1.54) is 61.1 Å². The van der Waals surface area contributed by atoms with Gasteiger partial charge in [-0.3, -0.25) is 11.3 Å². The minimum atomic E-state index is 0. The molecule has 0 amide bonds. The Morgan fingerprint density at radius 1 is 0.773 bits per heavy atom. The normalized spacial score (nSPS) is 28.0. The zero-order chi connectivity index (χ0) is 30.8. The molecule has 1 aliphatic heterocycles. The first kappa shape index (κ1) is 37.1. The van der Waals surface area contributed by atoms with E-state index in [1.54, 1.807) is 0 Å². The summed E-state index contributed by atoms with van der Waals surface area (Å²) >= 11 is 1.93. The maximum absolute atomic E-state index is 5.75. The molecule has 3 aromatic rings. The van der Waals surface area contributed by atoms with Crippen LogP contribution in [-0.2, 0) is 26.2 Å². The molecule has 0 spiro atoms. The van der Waals surface area contributed by atoms with Crippen LogP contribution in [0.5, 0.6) is 0 Å². The van der Waals surface area contributed by atoms with Crippen molar-refractivity contribution in [2.24, 2.45) is 29.6 Å². The molecule has 4 heteroatoms. The molecule has 2 saturated carbocycles. The number of hydrogen-bond donors (Lipinski definition) is 1. The summed E-state index contributed by atoms with van der Waals surface area (Å²) in [7, 11) is 0. The van der Waals surface area contributed by atoms with Crippen molar-refractivity contribution in [3.05, 3.63) is 113 Å². The van der Waals surface area contributed by atoms with Gasteiger partial charge in [0.25, 0.3) is 0 Å². The van der Waals surface area contributed by atoms with Crippen LogP contribution < -0.4 is 5.32 Å². The molecule has 236 valence electrons. The second kappa shape index (κ2) is 18.7. The SMILES string of the molecule is Cc1c[c-]c(C2CCC3CCCC([N-]C4C(C(C)C)CCCC4C(C)C)C3N2)s1.[CH2-]c1ccccc1.[CH2-]c1ccccc1.[Zr+4]. The fourth-order valence-corrected chi connectivity index (χ4v) is 8.49. The summed E-state index contributed by atoms with van der Waals surface area (Å²) in [6.45, 7) is 19.4. The molecule has 0 bridgehead atoms. The zero-order valence-corrected chi connectivity index (χ0v) is 31.2. The van der Waals surface area contributed by atoms with Crippen LogP contribution >= 0.6 is 11.3 Å². The van der Waals surface area contributed by atoms with Crippen molar-refractivity contribution in [3.63, 3.8) is 0 Å². The van der Waals surface area contributed by atoms with Gasteiger partial charge in [0, 0.05) is 6.04 Å². The smallest absolute Gasteiger partial charge is 0.655 e. The minimum Gasteiger partial charge on any atom is -0.655 e. The molecule has 6 unspecified atom stereocenters. The van der Waals surface area contributed by atoms with Crippen LogP contribution in [0.3, 0.4) is 0 Å². The molecule has 2 nitrogen and oxygen atoms in total. The van der Waals surface area contributed by atoms with Gasteiger partial charge in [-0.05, 0) is 43.1 Å². The van der Waals surface area contributed by atoms with E-state index in [-0.39, 0.29) is 26.2 Å². The number of thiophene rings is 1. The third-order valence-electron chi connectivity index (χ3n) is 9.94. The molecule has 2 aromatic carbocycles. The molecule has 1 saturated heterocycles. The molecular weight excluding hydrogens is 632 g/mol. The van der Waals surface area contributed by atoms with Gasteiger partial charge < -0.3 is 10.6 Å². The average Bonchev–Trinajstić information content (AvgIpc) is 3.44. The Balaban J connectivity index is 0.000000289. The molecule has 44 heavy (non-hydrogen) atoms. The van der Waals surface area contributed by atoms with Gasteiger partial charge in [-0.25, -0.2) is 12.1 Å². The van der Waals surface area contributed by atoms with Crippen molar-refractivity contribution < 1.29 is 26.2 Å². The number of rotatable bonds is 5. The number of hydrogen-bond acceptors (Lipinski definition) is 2. The van der Waals surface area contributed by atoms with E-state index in [0.29, 0.717) is 24.2 Å². The Hall–Kier alpha value is -1.32. The summed E-state index contributed by atoms with van der Waals surface area (Å²) in [6, 6.07) is 27.6. The van der Waals surface area contributed by atoms with E-state index in [9.17, 15) is 0 Å². The van der Waals surface area contributed by atoms with Gasteiger partial charge in [-0.2, -0.15) is 49.2 Å². The molecule has 6 rings (SSSR count). The Labute approximate surface area is 293 Å². The summed E-state index contributed by atoms with van der Waals surface area (Å²) in [5.74, 6) is 3.89. The molecule has 1 aromatic heterocycles. The molecule has 6 atom stereocenters. The van der Waals surface area contributed by atoms with Crippen LogP contribution in [0.25, 0.3) is 5.32 Å². The summed E-state index contributed by atoms with van der Waals surface area (Å²) in [4.78, 5) is 2.80. The number of nitrogens with zero attached hydrogens (tertiary/aromatic N) is 1. The summed E-state index contributed by atoms with van der Waals surface area (Å²) in [6.07, 6.45) is 10.9. The van der Waals surface area contributed by atoms with Gasteiger partial charge in [-0.1, -0.05) is 95.6 Å². The number of piperidine rings is 1. The van der Waals surface area contributed by atoms with Crippen LogP contribution in [0.4, 0.5) is 0 Å². The van der Waals surface area contributed by atoms with Crippen LogP contribution in [0.1, 0.15) is 106 Å². The van der Waals surface area contributed by atoms with E-state index < -0.39 is 0 Å². The van der Waals surface area contributed by atoms with Crippen LogP contribution in [-0.4, -0.2) is 18.1 Å². The van der Waals surface area contributed by atoms with Gasteiger partial charge in [0.2, 0.25) is 0 Å². The van der Waals surface area contributed by atoms with Crippen molar-refractivity contribution in [3.8, 4) is 0 Å². The van der Waals surface area contributed by atoms with Crippen molar-refractivity contribution in [1.29, 1.82) is 0 Å². The van der Waals surface area contributed by atoms with Crippen molar-refractivity contribution >= 4 is 11.3 Å². The van der Waals surface area contributed by atoms with Crippen molar-refractivity contribution in [1.82, 2.24) is 5.32 Å². The molecule has 2 heterocycles. The summed E-state index contributed by atoms with van der Waals surface area (Å²) in [5.41, 5.74) is 2.14. The van der Waals surface area contributed by atoms with Crippen molar-refractivity contribution in [2.75, 3.05) is 0 Å². The fourth-order valence-electron chi connectivity index (χ4n) is 7.58. The number of aryl methyl sites for hydroxylation is 1. The standard InChI is InChI=1S/C26H42N2S.2C7H7.Zr/c1-16(2)20-9-7-10-21(17(3)4)26(20)28-23-11-6-8-19-13-14-22(27-25(19)23)24-15-12-18(5)29-24;2*1-7-5-3-2-4-6-7;/h12,16-17,19-23,25-27H,6-11,13-14H2,1-5H3;2*2-6H,1H2;/q-2;2*-1;+4. The van der Waals surface area contributed by atoms with E-state index in [1.807, 2.05) is 72.0 Å². The Bertz CT molecular complexity index is 1120. The monoisotopic (exact) mass is 686 g/mol. The van der Waals surface area contributed by atoms with Crippen molar-refractivity contribution in [2.45, 2.75) is 110 Å². The second-order valence-corrected chi connectivity index (χ2v) is 15.1. The molecule has 0 radical (unpaired) electrons. The van der Waals surface area contributed by atoms with E-state index in [2.05, 4.69) is 65.9 Å². The zero-order valence-electron chi connectivity index (χ0n) is 28.0. The average molecular weight is 688 g/mol. The van der Waals surface area contributed by atoms with Crippen LogP contribution in [0, 0.1) is 56.4 Å². The maximum Gasteiger partial charge on any atom is 4.00 e. The molecule has 1 N–H and O–H groups in total. The quantitative estimate of drug-likeness (QED) is 0.266. The molecular formula is C40H56N2SZr. The first-order valence-corrected chi connectivity index (χ1v) is 17.7. The largest absolute Gasteiger partial charge is 4.00 e. The predicted octanol–water partition coefficient (Wildman–Crippen LogP) is 11.0. The maximum atomic E-state index is 5.75. The summed E-state index contributed by atoms with van der Waals surface area (Å²) in [5, 5.41) is 9.85. The molecule has 3 fully saturated rings. The Morgan fingerprint density at radius 2 is 1.32 bits per heavy atom. The minimum absolute atomic E-state index is 0. The third kappa shape index (κ3) is 10.9. The number of benzene rings is 2. The van der Waals surface area contributed by atoms with Crippen LogP contribution in [0.15, 0.2) is 66.7 Å². The van der Waals surface area contributed by atoms with E-state index in [4.69, 9.17) is 5.32 Å². The predicted molar refractivity (Wildman–Crippen MR) is 187 cm³/mol. The fraction of sp³-hybridized carbons (Fsp3) is 0.550. The third-order valence-corrected chi connectivity index (χ3v) is 11.0. The first-order chi connectivity index (χ1) is 20.7. The molecule has 3 aliphatic rings. The topological polar surface area (TPSA) is 26.1 Å². The first-order valence-electron chi connectivity index (χ1n) is 16.9. The van der Waals surface area contributed by atoms with Gasteiger partial charge >= 0.3 is 26.2 Å². The van der Waals surface area contributed by atoms with E-state index in [0.717, 1.165) is 40.7 Å².